The summed E-state index contributed by atoms with van der Waals surface area (Å²) in [4.78, 5) is 37.7. The van der Waals surface area contributed by atoms with Crippen molar-refractivity contribution in [2.75, 3.05) is 58.6 Å². The van der Waals surface area contributed by atoms with Crippen LogP contribution in [0.2, 0.25) is 0 Å². The van der Waals surface area contributed by atoms with Gasteiger partial charge in [0.2, 0.25) is 17.8 Å². The lowest BCUT2D eigenvalue weighted by Crippen LogP contribution is -2.49. The summed E-state index contributed by atoms with van der Waals surface area (Å²) in [6.45, 7) is 3.40. The molecule has 0 radical (unpaired) electrons. The van der Waals surface area contributed by atoms with Crippen molar-refractivity contribution in [3.05, 3.63) is 54.0 Å². The Morgan fingerprint density at radius 3 is 2.81 bits per heavy atom. The van der Waals surface area contributed by atoms with E-state index in [4.69, 9.17) is 4.74 Å². The smallest absolute Gasteiger partial charge is 0.246 e. The number of hydrogen-bond acceptors (Lipinski definition) is 8. The number of carbonyl (C=O) groups is 2. The van der Waals surface area contributed by atoms with Gasteiger partial charge in [0.1, 0.15) is 17.7 Å². The van der Waals surface area contributed by atoms with E-state index in [1.165, 1.54) is 23.1 Å². The number of carbonyl (C=O) groups excluding carboxylic acids is 2. The molecule has 0 spiro atoms. The average Bonchev–Trinajstić information content (AvgIpc) is 2.96. The van der Waals surface area contributed by atoms with E-state index in [1.807, 2.05) is 19.0 Å². The van der Waals surface area contributed by atoms with Gasteiger partial charge in [0.15, 0.2) is 0 Å². The van der Waals surface area contributed by atoms with Crippen LogP contribution in [-0.2, 0) is 14.3 Å². The van der Waals surface area contributed by atoms with Crippen molar-refractivity contribution in [1.29, 1.82) is 0 Å². The molecule has 3 rings (SSSR count). The Bertz CT molecular complexity index is 1290. The number of nitrogens with zero attached hydrogens (tertiary/aromatic N) is 4. The first-order chi connectivity index (χ1) is 20.2. The van der Waals surface area contributed by atoms with Crippen molar-refractivity contribution in [3.63, 3.8) is 0 Å². The molecule has 1 aromatic carbocycles. The van der Waals surface area contributed by atoms with Gasteiger partial charge in [0.05, 0.1) is 18.4 Å². The second-order valence-electron chi connectivity index (χ2n) is 10.6. The van der Waals surface area contributed by atoms with Gasteiger partial charge < -0.3 is 30.5 Å². The molecule has 11 heteroatoms. The highest BCUT2D eigenvalue weighted by Crippen LogP contribution is 2.25. The number of likely N-dealkylation sites (N-methyl/N-ethyl adjacent to an activating group) is 2. The van der Waals surface area contributed by atoms with E-state index < -0.39 is 6.04 Å². The number of anilines is 3. The molecule has 3 N–H and O–H groups in total. The molecule has 10 nitrogen and oxygen atoms in total. The maximum atomic E-state index is 13.6. The van der Waals surface area contributed by atoms with Gasteiger partial charge in [-0.2, -0.15) is 4.98 Å². The number of amides is 2. The summed E-state index contributed by atoms with van der Waals surface area (Å²) >= 11 is 0. The highest BCUT2D eigenvalue weighted by atomic mass is 19.1. The first-order valence-corrected chi connectivity index (χ1v) is 14.2. The van der Waals surface area contributed by atoms with Crippen LogP contribution in [0.4, 0.5) is 21.8 Å². The third-order valence-electron chi connectivity index (χ3n) is 6.94. The zero-order chi connectivity index (χ0) is 30.5. The zero-order valence-electron chi connectivity index (χ0n) is 25.1. The molecule has 0 saturated heterocycles. The second kappa shape index (κ2) is 16.4. The molecule has 1 heterocycles. The molecule has 0 aliphatic heterocycles. The van der Waals surface area contributed by atoms with E-state index in [2.05, 4.69) is 37.8 Å². The minimum atomic E-state index is -0.592. The van der Waals surface area contributed by atoms with Crippen molar-refractivity contribution in [2.45, 2.75) is 44.7 Å². The molecule has 226 valence electrons. The van der Waals surface area contributed by atoms with Crippen molar-refractivity contribution < 1.29 is 18.7 Å². The monoisotopic (exact) mass is 579 g/mol. The summed E-state index contributed by atoms with van der Waals surface area (Å²) in [5.74, 6) is 6.79. The van der Waals surface area contributed by atoms with Gasteiger partial charge in [0.25, 0.3) is 0 Å². The van der Waals surface area contributed by atoms with Gasteiger partial charge in [0, 0.05) is 51.0 Å². The molecule has 0 unspecified atom stereocenters. The molecular weight excluding hydrogens is 537 g/mol. The Morgan fingerprint density at radius 1 is 1.26 bits per heavy atom. The maximum absolute atomic E-state index is 13.6. The standard InChI is InChI=1S/C31H42FN7O3/c1-22(39(4)28(40)13-8-17-38(2)3)30(41)35-26-11-6-9-23(19-26)14-15-24-21-34-31(37-29(24)33-16-18-42-5)36-27-12-7-10-25(32)20-27/h7-8,10,12-13,20-23,26H,6,9,11,16-19H2,1-5H3,(H,35,41)(H2,33,34,36,37)/b13-8+/t22-,23-,26-/m0/s1. The lowest BCUT2D eigenvalue weighted by Gasteiger charge is -2.30. The van der Waals surface area contributed by atoms with E-state index in [9.17, 15) is 14.0 Å². The third-order valence-corrected chi connectivity index (χ3v) is 6.94. The van der Waals surface area contributed by atoms with Crippen molar-refractivity contribution >= 4 is 29.3 Å². The first-order valence-electron chi connectivity index (χ1n) is 14.2. The van der Waals surface area contributed by atoms with E-state index in [0.717, 1.165) is 25.7 Å². The summed E-state index contributed by atoms with van der Waals surface area (Å²) in [6, 6.07) is 5.47. The van der Waals surface area contributed by atoms with Crippen LogP contribution in [-0.4, -0.2) is 91.6 Å². The fraction of sp³-hybridized carbons (Fsp3) is 0.484. The predicted molar refractivity (Wildman–Crippen MR) is 163 cm³/mol. The number of benzene rings is 1. The van der Waals surface area contributed by atoms with Crippen LogP contribution in [0.25, 0.3) is 0 Å². The lowest BCUT2D eigenvalue weighted by atomic mass is 9.86. The van der Waals surface area contributed by atoms with Crippen molar-refractivity contribution in [3.8, 4) is 11.8 Å². The number of hydrogen-bond donors (Lipinski definition) is 3. The highest BCUT2D eigenvalue weighted by Gasteiger charge is 2.26. The topological polar surface area (TPSA) is 112 Å². The summed E-state index contributed by atoms with van der Waals surface area (Å²) in [7, 11) is 7.11. The van der Waals surface area contributed by atoms with Crippen LogP contribution in [0.15, 0.2) is 42.6 Å². The quantitative estimate of drug-likeness (QED) is 0.199. The highest BCUT2D eigenvalue weighted by molar-refractivity contribution is 5.92. The SMILES string of the molecule is COCCNc1nc(Nc2cccc(F)c2)ncc1C#C[C@@H]1CCC[C@H](NC(=O)[C@H](C)N(C)C(=O)/C=C/CN(C)C)C1. The Morgan fingerprint density at radius 2 is 2.07 bits per heavy atom. The summed E-state index contributed by atoms with van der Waals surface area (Å²) in [6.07, 6.45) is 8.38. The van der Waals surface area contributed by atoms with E-state index in [0.29, 0.717) is 42.7 Å². The molecular formula is C31H42FN7O3. The fourth-order valence-corrected chi connectivity index (χ4v) is 4.44. The fourth-order valence-electron chi connectivity index (χ4n) is 4.44. The van der Waals surface area contributed by atoms with Crippen LogP contribution in [0.3, 0.4) is 0 Å². The van der Waals surface area contributed by atoms with E-state index in [-0.39, 0.29) is 29.6 Å². The Labute approximate surface area is 248 Å². The number of methoxy groups -OCH3 is 1. The Balaban J connectivity index is 1.64. The van der Waals surface area contributed by atoms with Gasteiger partial charge in [-0.1, -0.05) is 30.4 Å². The number of halogens is 1. The largest absolute Gasteiger partial charge is 0.383 e. The maximum Gasteiger partial charge on any atom is 0.246 e. The van der Waals surface area contributed by atoms with E-state index in [1.54, 1.807) is 45.5 Å². The second-order valence-corrected chi connectivity index (χ2v) is 10.6. The predicted octanol–water partition coefficient (Wildman–Crippen LogP) is 3.41. The summed E-state index contributed by atoms with van der Waals surface area (Å²) < 4.78 is 18.7. The molecule has 2 aromatic rings. The number of nitrogens with one attached hydrogen (secondary N) is 3. The Hall–Kier alpha value is -4.01. The van der Waals surface area contributed by atoms with Crippen LogP contribution in [0, 0.1) is 23.6 Å². The number of rotatable bonds is 12. The lowest BCUT2D eigenvalue weighted by molar-refractivity contribution is -0.135. The third kappa shape index (κ3) is 10.4. The Kier molecular flexibility index (Phi) is 12.7. The van der Waals surface area contributed by atoms with Gasteiger partial charge in [-0.15, -0.1) is 0 Å². The molecule has 42 heavy (non-hydrogen) atoms. The number of aromatic nitrogens is 2. The number of ether oxygens (including phenoxy) is 1. The average molecular weight is 580 g/mol. The molecule has 2 amide bonds. The zero-order valence-corrected chi connectivity index (χ0v) is 25.1. The normalized spacial score (nSPS) is 17.3. The van der Waals surface area contributed by atoms with Gasteiger partial charge >= 0.3 is 0 Å². The van der Waals surface area contributed by atoms with Crippen molar-refractivity contribution in [2.24, 2.45) is 5.92 Å². The van der Waals surface area contributed by atoms with Crippen molar-refractivity contribution in [1.82, 2.24) is 25.1 Å². The molecule has 1 aliphatic carbocycles. The molecule has 1 fully saturated rings. The minimum absolute atomic E-state index is 0.0193. The minimum Gasteiger partial charge on any atom is -0.383 e. The van der Waals surface area contributed by atoms with Gasteiger partial charge in [-0.05, 0) is 58.5 Å². The van der Waals surface area contributed by atoms with Gasteiger partial charge in [-0.3, -0.25) is 9.59 Å². The molecule has 0 bridgehead atoms. The molecule has 3 atom stereocenters. The van der Waals surface area contributed by atoms with Crippen LogP contribution in [0.5, 0.6) is 0 Å². The summed E-state index contributed by atoms with van der Waals surface area (Å²) in [5.41, 5.74) is 1.18. The van der Waals surface area contributed by atoms with Gasteiger partial charge in [-0.25, -0.2) is 9.37 Å². The first kappa shape index (κ1) is 32.5. The van der Waals surface area contributed by atoms with Crippen LogP contribution >= 0.6 is 0 Å². The van der Waals surface area contributed by atoms with E-state index >= 15 is 0 Å². The van der Waals surface area contributed by atoms with Crippen LogP contribution < -0.4 is 16.0 Å². The molecule has 1 saturated carbocycles. The van der Waals surface area contributed by atoms with Crippen LogP contribution in [0.1, 0.15) is 38.2 Å². The molecule has 1 aromatic heterocycles. The molecule has 1 aliphatic rings. The summed E-state index contributed by atoms with van der Waals surface area (Å²) in [5, 5.41) is 9.37.